The lowest BCUT2D eigenvalue weighted by Crippen LogP contribution is -2.10. The van der Waals surface area contributed by atoms with Gasteiger partial charge in [-0.15, -0.1) is 10.2 Å². The van der Waals surface area contributed by atoms with Crippen LogP contribution in [0.3, 0.4) is 0 Å². The summed E-state index contributed by atoms with van der Waals surface area (Å²) in [7, 11) is 0. The van der Waals surface area contributed by atoms with Crippen LogP contribution < -0.4 is 5.32 Å². The van der Waals surface area contributed by atoms with Gasteiger partial charge in [0, 0.05) is 31.0 Å². The number of benzene rings is 1. The minimum absolute atomic E-state index is 0.782. The Bertz CT molecular complexity index is 632. The fraction of sp³-hybridized carbons (Fsp3) is 0.133. The van der Waals surface area contributed by atoms with Crippen molar-refractivity contribution in [1.82, 2.24) is 19.7 Å². The maximum atomic E-state index is 4.23. The van der Waals surface area contributed by atoms with Gasteiger partial charge in [-0.25, -0.2) is 4.98 Å². The third kappa shape index (κ3) is 3.00. The smallest absolute Gasteiger partial charge is 0.148 e. The Balaban J connectivity index is 1.59. The molecular formula is C15H15N5. The van der Waals surface area contributed by atoms with Gasteiger partial charge >= 0.3 is 0 Å². The quantitative estimate of drug-likeness (QED) is 0.770. The van der Waals surface area contributed by atoms with Gasteiger partial charge < -0.3 is 9.88 Å². The molecule has 0 spiro atoms. The molecule has 0 atom stereocenters. The average Bonchev–Trinajstić information content (AvgIpc) is 3.02. The Morgan fingerprint density at radius 2 is 1.90 bits per heavy atom. The van der Waals surface area contributed by atoms with Gasteiger partial charge in [0.05, 0.1) is 12.0 Å². The van der Waals surface area contributed by atoms with E-state index in [0.717, 1.165) is 30.2 Å². The van der Waals surface area contributed by atoms with Crippen molar-refractivity contribution in [3.63, 3.8) is 0 Å². The molecule has 3 aromatic rings. The molecule has 0 aliphatic carbocycles. The highest BCUT2D eigenvalue weighted by molar-refractivity contribution is 5.59. The van der Waals surface area contributed by atoms with E-state index in [9.17, 15) is 0 Å². The highest BCUT2D eigenvalue weighted by atomic mass is 15.2. The zero-order valence-corrected chi connectivity index (χ0v) is 11.0. The molecule has 0 unspecified atom stereocenters. The van der Waals surface area contributed by atoms with Crippen LogP contribution in [0.2, 0.25) is 0 Å². The van der Waals surface area contributed by atoms with Crippen molar-refractivity contribution in [2.75, 3.05) is 11.9 Å². The fourth-order valence-electron chi connectivity index (χ4n) is 1.92. The van der Waals surface area contributed by atoms with E-state index < -0.39 is 0 Å². The van der Waals surface area contributed by atoms with Gasteiger partial charge in [-0.3, -0.25) is 0 Å². The first kappa shape index (κ1) is 12.3. The summed E-state index contributed by atoms with van der Waals surface area (Å²) in [4.78, 5) is 4.00. The second-order valence-corrected chi connectivity index (χ2v) is 4.40. The molecule has 100 valence electrons. The Labute approximate surface area is 117 Å². The Kier molecular flexibility index (Phi) is 3.68. The molecule has 0 fully saturated rings. The molecule has 0 amide bonds. The minimum atomic E-state index is 0.782. The number of imidazole rings is 1. The number of nitrogens with one attached hydrogen (secondary N) is 1. The molecule has 1 N–H and O–H groups in total. The van der Waals surface area contributed by atoms with Crippen molar-refractivity contribution in [3.05, 3.63) is 61.2 Å². The van der Waals surface area contributed by atoms with Gasteiger partial charge in [-0.2, -0.15) is 0 Å². The second-order valence-electron chi connectivity index (χ2n) is 4.40. The van der Waals surface area contributed by atoms with Crippen molar-refractivity contribution < 1.29 is 0 Å². The first-order valence-corrected chi connectivity index (χ1v) is 6.50. The molecule has 0 saturated heterocycles. The SMILES string of the molecule is c1ccc(-c2ccc(NCCn3ccnc3)nn2)cc1. The van der Waals surface area contributed by atoms with E-state index in [2.05, 4.69) is 20.5 Å². The lowest BCUT2D eigenvalue weighted by molar-refractivity contribution is 0.724. The van der Waals surface area contributed by atoms with E-state index in [1.165, 1.54) is 0 Å². The molecule has 0 aliphatic rings. The summed E-state index contributed by atoms with van der Waals surface area (Å²) in [5.41, 5.74) is 1.95. The van der Waals surface area contributed by atoms with E-state index in [4.69, 9.17) is 0 Å². The Hall–Kier alpha value is -2.69. The third-order valence-corrected chi connectivity index (χ3v) is 2.97. The van der Waals surface area contributed by atoms with Gasteiger partial charge in [0.25, 0.3) is 0 Å². The molecule has 0 bridgehead atoms. The van der Waals surface area contributed by atoms with Crippen LogP contribution in [-0.2, 0) is 6.54 Å². The molecule has 0 saturated carbocycles. The van der Waals surface area contributed by atoms with Crippen LogP contribution in [0.5, 0.6) is 0 Å². The van der Waals surface area contributed by atoms with Crippen molar-refractivity contribution in [2.45, 2.75) is 6.54 Å². The largest absolute Gasteiger partial charge is 0.367 e. The van der Waals surface area contributed by atoms with E-state index >= 15 is 0 Å². The van der Waals surface area contributed by atoms with Crippen LogP contribution >= 0.6 is 0 Å². The summed E-state index contributed by atoms with van der Waals surface area (Å²) in [6, 6.07) is 13.9. The lowest BCUT2D eigenvalue weighted by Gasteiger charge is -2.06. The third-order valence-electron chi connectivity index (χ3n) is 2.97. The summed E-state index contributed by atoms with van der Waals surface area (Å²) in [5, 5.41) is 11.7. The van der Waals surface area contributed by atoms with Crippen molar-refractivity contribution in [1.29, 1.82) is 0 Å². The average molecular weight is 265 g/mol. The van der Waals surface area contributed by atoms with Crippen molar-refractivity contribution >= 4 is 5.82 Å². The number of hydrogen-bond donors (Lipinski definition) is 1. The van der Waals surface area contributed by atoms with Crippen LogP contribution in [0.1, 0.15) is 0 Å². The molecule has 1 aromatic carbocycles. The summed E-state index contributed by atoms with van der Waals surface area (Å²) in [6.07, 6.45) is 5.51. The summed E-state index contributed by atoms with van der Waals surface area (Å²) >= 11 is 0. The van der Waals surface area contributed by atoms with Crippen LogP contribution in [0, 0.1) is 0 Å². The standard InChI is InChI=1S/C15H15N5/c1-2-4-13(5-3-1)14-6-7-15(19-18-14)17-9-11-20-10-8-16-12-20/h1-8,10,12H,9,11H2,(H,17,19). The van der Waals surface area contributed by atoms with Crippen molar-refractivity contribution in [2.24, 2.45) is 0 Å². The highest BCUT2D eigenvalue weighted by Crippen LogP contribution is 2.15. The highest BCUT2D eigenvalue weighted by Gasteiger charge is 2.00. The summed E-state index contributed by atoms with van der Waals surface area (Å²) in [5.74, 6) is 0.782. The molecule has 0 radical (unpaired) electrons. The van der Waals surface area contributed by atoms with Crippen molar-refractivity contribution in [3.8, 4) is 11.3 Å². The summed E-state index contributed by atoms with van der Waals surface area (Å²) < 4.78 is 2.01. The molecule has 2 heterocycles. The molecule has 5 nitrogen and oxygen atoms in total. The van der Waals surface area contributed by atoms with Gasteiger partial charge in [-0.1, -0.05) is 30.3 Å². The second kappa shape index (κ2) is 5.97. The predicted molar refractivity (Wildman–Crippen MR) is 78.2 cm³/mol. The Morgan fingerprint density at radius 3 is 2.60 bits per heavy atom. The van der Waals surface area contributed by atoms with Gasteiger partial charge in [0.1, 0.15) is 5.82 Å². The predicted octanol–water partition coefficient (Wildman–Crippen LogP) is 2.45. The van der Waals surface area contributed by atoms with E-state index in [1.54, 1.807) is 12.5 Å². The summed E-state index contributed by atoms with van der Waals surface area (Å²) in [6.45, 7) is 1.64. The first-order chi connectivity index (χ1) is 9.92. The Morgan fingerprint density at radius 1 is 1.00 bits per heavy atom. The molecule has 20 heavy (non-hydrogen) atoms. The molecule has 5 heteroatoms. The van der Waals surface area contributed by atoms with Gasteiger partial charge in [-0.05, 0) is 12.1 Å². The van der Waals surface area contributed by atoms with Crippen LogP contribution in [0.25, 0.3) is 11.3 Å². The topological polar surface area (TPSA) is 55.6 Å². The zero-order valence-electron chi connectivity index (χ0n) is 11.0. The lowest BCUT2D eigenvalue weighted by atomic mass is 10.1. The number of anilines is 1. The monoisotopic (exact) mass is 265 g/mol. The van der Waals surface area contributed by atoms with E-state index in [-0.39, 0.29) is 0 Å². The number of nitrogens with zero attached hydrogens (tertiary/aromatic N) is 4. The van der Waals surface area contributed by atoms with Gasteiger partial charge in [0.2, 0.25) is 0 Å². The maximum absolute atomic E-state index is 4.23. The molecule has 2 aromatic heterocycles. The number of hydrogen-bond acceptors (Lipinski definition) is 4. The first-order valence-electron chi connectivity index (χ1n) is 6.50. The normalized spacial score (nSPS) is 10.4. The van der Waals surface area contributed by atoms with E-state index in [0.29, 0.717) is 0 Å². The molecular weight excluding hydrogens is 250 g/mol. The number of rotatable bonds is 5. The van der Waals surface area contributed by atoms with Gasteiger partial charge in [0.15, 0.2) is 0 Å². The minimum Gasteiger partial charge on any atom is -0.367 e. The zero-order chi connectivity index (χ0) is 13.6. The number of aromatic nitrogens is 4. The van der Waals surface area contributed by atoms with Crippen LogP contribution in [0.15, 0.2) is 61.2 Å². The molecule has 0 aliphatic heterocycles. The van der Waals surface area contributed by atoms with Crippen LogP contribution in [-0.4, -0.2) is 26.3 Å². The maximum Gasteiger partial charge on any atom is 0.148 e. The van der Waals surface area contributed by atoms with Crippen LogP contribution in [0.4, 0.5) is 5.82 Å². The molecule has 3 rings (SSSR count). The van der Waals surface area contributed by atoms with E-state index in [1.807, 2.05) is 53.2 Å². The fourth-order valence-corrected chi connectivity index (χ4v) is 1.92.